The van der Waals surface area contributed by atoms with Crippen LogP contribution in [0.3, 0.4) is 0 Å². The fourth-order valence-electron chi connectivity index (χ4n) is 2.41. The quantitative estimate of drug-likeness (QED) is 0.635. The van der Waals surface area contributed by atoms with Crippen LogP contribution in [0.1, 0.15) is 15.9 Å². The molecule has 0 atom stereocenters. The second-order valence-electron chi connectivity index (χ2n) is 5.40. The van der Waals surface area contributed by atoms with Crippen LogP contribution in [0.4, 0.5) is 5.13 Å². The summed E-state index contributed by atoms with van der Waals surface area (Å²) in [6.45, 7) is 2.00. The van der Waals surface area contributed by atoms with Gasteiger partial charge in [0.25, 0.3) is 5.91 Å². The lowest BCUT2D eigenvalue weighted by Gasteiger charge is -2.05. The molecule has 4 nitrogen and oxygen atoms in total. The molecular formula is C19H18N2O2S2. The minimum Gasteiger partial charge on any atom is -0.496 e. The molecule has 0 bridgehead atoms. The molecule has 0 aliphatic heterocycles. The molecule has 0 aliphatic carbocycles. The average Bonchev–Trinajstić information content (AvgIpc) is 3.10. The van der Waals surface area contributed by atoms with Crippen LogP contribution in [0.2, 0.25) is 0 Å². The highest BCUT2D eigenvalue weighted by Crippen LogP contribution is 2.29. The molecule has 0 aliphatic rings. The van der Waals surface area contributed by atoms with Gasteiger partial charge in [0, 0.05) is 21.4 Å². The van der Waals surface area contributed by atoms with E-state index in [0.29, 0.717) is 10.7 Å². The predicted octanol–water partition coefficient (Wildman–Crippen LogP) is 5.10. The van der Waals surface area contributed by atoms with E-state index in [0.717, 1.165) is 27.5 Å². The minimum absolute atomic E-state index is 0.153. The number of nitrogens with one attached hydrogen (secondary N) is 1. The molecular weight excluding hydrogens is 352 g/mol. The second kappa shape index (κ2) is 7.72. The third kappa shape index (κ3) is 4.03. The number of amides is 1. The van der Waals surface area contributed by atoms with Crippen molar-refractivity contribution in [1.29, 1.82) is 0 Å². The van der Waals surface area contributed by atoms with Crippen molar-refractivity contribution in [3.63, 3.8) is 0 Å². The first-order valence-electron chi connectivity index (χ1n) is 7.66. The van der Waals surface area contributed by atoms with Crippen LogP contribution < -0.4 is 10.1 Å². The van der Waals surface area contributed by atoms with Gasteiger partial charge >= 0.3 is 0 Å². The minimum atomic E-state index is -0.153. The van der Waals surface area contributed by atoms with Gasteiger partial charge in [-0.1, -0.05) is 0 Å². The van der Waals surface area contributed by atoms with E-state index in [1.807, 2.05) is 61.0 Å². The number of rotatable bonds is 5. The molecule has 6 heteroatoms. The summed E-state index contributed by atoms with van der Waals surface area (Å²) in [5.41, 5.74) is 3.51. The van der Waals surface area contributed by atoms with E-state index in [2.05, 4.69) is 10.3 Å². The Bertz CT molecular complexity index is 889. The fraction of sp³-hybridized carbons (Fsp3) is 0.158. The SMILES string of the molecule is COc1ccc(-c2csc(NC(=O)c3ccc(SC)cc3)n2)cc1C. The summed E-state index contributed by atoms with van der Waals surface area (Å²) in [5.74, 6) is 0.695. The summed E-state index contributed by atoms with van der Waals surface area (Å²) in [7, 11) is 1.66. The first-order valence-corrected chi connectivity index (χ1v) is 9.77. The normalized spacial score (nSPS) is 10.5. The number of nitrogens with zero attached hydrogens (tertiary/aromatic N) is 1. The van der Waals surface area contributed by atoms with Gasteiger partial charge in [0.15, 0.2) is 5.13 Å². The lowest BCUT2D eigenvalue weighted by atomic mass is 10.1. The number of benzene rings is 2. The number of thiazole rings is 1. The molecule has 0 spiro atoms. The number of hydrogen-bond acceptors (Lipinski definition) is 5. The molecule has 2 aromatic carbocycles. The number of hydrogen-bond donors (Lipinski definition) is 1. The average molecular weight is 370 g/mol. The van der Waals surface area contributed by atoms with E-state index >= 15 is 0 Å². The lowest BCUT2D eigenvalue weighted by Crippen LogP contribution is -2.11. The summed E-state index contributed by atoms with van der Waals surface area (Å²) in [6.07, 6.45) is 2.01. The molecule has 128 valence electrons. The highest BCUT2D eigenvalue weighted by Gasteiger charge is 2.11. The maximum Gasteiger partial charge on any atom is 0.257 e. The van der Waals surface area contributed by atoms with Crippen LogP contribution in [-0.4, -0.2) is 24.3 Å². The summed E-state index contributed by atoms with van der Waals surface area (Å²) < 4.78 is 5.28. The number of thioether (sulfide) groups is 1. The van der Waals surface area contributed by atoms with Crippen LogP contribution in [-0.2, 0) is 0 Å². The maximum absolute atomic E-state index is 12.3. The zero-order valence-electron chi connectivity index (χ0n) is 14.2. The molecule has 0 saturated carbocycles. The largest absolute Gasteiger partial charge is 0.496 e. The summed E-state index contributed by atoms with van der Waals surface area (Å²) in [5, 5.41) is 5.38. The van der Waals surface area contributed by atoms with Crippen molar-refractivity contribution in [1.82, 2.24) is 4.98 Å². The molecule has 25 heavy (non-hydrogen) atoms. The van der Waals surface area contributed by atoms with Crippen molar-refractivity contribution in [3.05, 3.63) is 59.0 Å². The lowest BCUT2D eigenvalue weighted by molar-refractivity contribution is 0.102. The Morgan fingerprint density at radius 2 is 1.96 bits per heavy atom. The molecule has 1 aromatic heterocycles. The van der Waals surface area contributed by atoms with E-state index in [1.54, 1.807) is 18.9 Å². The molecule has 0 unspecified atom stereocenters. The molecule has 3 aromatic rings. The van der Waals surface area contributed by atoms with E-state index in [1.165, 1.54) is 11.3 Å². The van der Waals surface area contributed by atoms with Crippen molar-refractivity contribution in [2.45, 2.75) is 11.8 Å². The molecule has 0 radical (unpaired) electrons. The van der Waals surface area contributed by atoms with Crippen molar-refractivity contribution >= 4 is 34.1 Å². The Hall–Kier alpha value is -2.31. The standard InChI is InChI=1S/C19H18N2O2S2/c1-12-10-14(6-9-17(12)23-2)16-11-25-19(20-16)21-18(22)13-4-7-15(24-3)8-5-13/h4-11H,1-3H3,(H,20,21,22). The van der Waals surface area contributed by atoms with Gasteiger partial charge in [-0.3, -0.25) is 10.1 Å². The van der Waals surface area contributed by atoms with Gasteiger partial charge < -0.3 is 4.74 Å². The number of aromatic nitrogens is 1. The van der Waals surface area contributed by atoms with Gasteiger partial charge in [-0.2, -0.15) is 0 Å². The predicted molar refractivity (Wildman–Crippen MR) is 105 cm³/mol. The number of aryl methyl sites for hydroxylation is 1. The monoisotopic (exact) mass is 370 g/mol. The first kappa shape index (κ1) is 17.5. The highest BCUT2D eigenvalue weighted by atomic mass is 32.2. The van der Waals surface area contributed by atoms with Crippen LogP contribution in [0, 0.1) is 6.92 Å². The van der Waals surface area contributed by atoms with Crippen LogP contribution in [0.5, 0.6) is 5.75 Å². The number of methoxy groups -OCH3 is 1. The smallest absolute Gasteiger partial charge is 0.257 e. The second-order valence-corrected chi connectivity index (χ2v) is 7.14. The van der Waals surface area contributed by atoms with Crippen molar-refractivity contribution < 1.29 is 9.53 Å². The first-order chi connectivity index (χ1) is 12.1. The van der Waals surface area contributed by atoms with Crippen molar-refractivity contribution in [2.24, 2.45) is 0 Å². The third-order valence-electron chi connectivity index (χ3n) is 3.77. The Balaban J connectivity index is 1.74. The fourth-order valence-corrected chi connectivity index (χ4v) is 3.54. The molecule has 0 fully saturated rings. The molecule has 1 N–H and O–H groups in total. The Morgan fingerprint density at radius 3 is 2.60 bits per heavy atom. The number of carbonyl (C=O) groups is 1. The van der Waals surface area contributed by atoms with Gasteiger partial charge in [0.2, 0.25) is 0 Å². The van der Waals surface area contributed by atoms with Gasteiger partial charge in [0.05, 0.1) is 12.8 Å². The highest BCUT2D eigenvalue weighted by molar-refractivity contribution is 7.98. The molecule has 3 rings (SSSR count). The van der Waals surface area contributed by atoms with Gasteiger partial charge in [-0.25, -0.2) is 4.98 Å². The molecule has 1 amide bonds. The Kier molecular flexibility index (Phi) is 5.40. The maximum atomic E-state index is 12.3. The number of ether oxygens (including phenoxy) is 1. The van der Waals surface area contributed by atoms with Crippen LogP contribution >= 0.6 is 23.1 Å². The topological polar surface area (TPSA) is 51.2 Å². The zero-order valence-corrected chi connectivity index (χ0v) is 15.8. The summed E-state index contributed by atoms with van der Waals surface area (Å²) in [6, 6.07) is 13.4. The van der Waals surface area contributed by atoms with Crippen molar-refractivity contribution in [3.8, 4) is 17.0 Å². The van der Waals surface area contributed by atoms with E-state index in [-0.39, 0.29) is 5.91 Å². The summed E-state index contributed by atoms with van der Waals surface area (Å²) >= 11 is 3.06. The number of anilines is 1. The molecule has 0 saturated heterocycles. The Morgan fingerprint density at radius 1 is 1.20 bits per heavy atom. The van der Waals surface area contributed by atoms with Crippen molar-refractivity contribution in [2.75, 3.05) is 18.7 Å². The van der Waals surface area contributed by atoms with Gasteiger partial charge in [-0.15, -0.1) is 23.1 Å². The third-order valence-corrected chi connectivity index (χ3v) is 5.27. The van der Waals surface area contributed by atoms with Crippen LogP contribution in [0.15, 0.2) is 52.7 Å². The van der Waals surface area contributed by atoms with Gasteiger partial charge in [0.1, 0.15) is 5.75 Å². The Labute approximate surface area is 155 Å². The zero-order chi connectivity index (χ0) is 17.8. The van der Waals surface area contributed by atoms with Gasteiger partial charge in [-0.05, 0) is 61.2 Å². The summed E-state index contributed by atoms with van der Waals surface area (Å²) in [4.78, 5) is 18.0. The van der Waals surface area contributed by atoms with E-state index < -0.39 is 0 Å². The molecule has 1 heterocycles. The number of carbonyl (C=O) groups excluding carboxylic acids is 1. The van der Waals surface area contributed by atoms with Crippen LogP contribution in [0.25, 0.3) is 11.3 Å². The van der Waals surface area contributed by atoms with E-state index in [4.69, 9.17) is 4.74 Å². The van der Waals surface area contributed by atoms with E-state index in [9.17, 15) is 4.79 Å².